The first-order valence-corrected chi connectivity index (χ1v) is 15.4. The third-order valence-electron chi connectivity index (χ3n) is 8.32. The summed E-state index contributed by atoms with van der Waals surface area (Å²) in [6.07, 6.45) is 4.15. The van der Waals surface area contributed by atoms with E-state index in [1.807, 2.05) is 60.4 Å². The first kappa shape index (κ1) is 27.4. The van der Waals surface area contributed by atoms with Crippen LogP contribution in [0.15, 0.2) is 60.8 Å². The van der Waals surface area contributed by atoms with Crippen LogP contribution in [0.2, 0.25) is 0 Å². The summed E-state index contributed by atoms with van der Waals surface area (Å²) in [5.74, 6) is 1.31. The summed E-state index contributed by atoms with van der Waals surface area (Å²) in [5.41, 5.74) is 2.70. The number of pyridine rings is 1. The highest BCUT2D eigenvalue weighted by atomic mass is 32.1. The lowest BCUT2D eigenvalue weighted by Gasteiger charge is -2.34. The van der Waals surface area contributed by atoms with Gasteiger partial charge in [-0.1, -0.05) is 18.2 Å². The number of hydrogen-bond acceptors (Lipinski definition) is 7. The van der Waals surface area contributed by atoms with Crippen LogP contribution in [0, 0.1) is 12.8 Å². The summed E-state index contributed by atoms with van der Waals surface area (Å²) in [6, 6.07) is 16.4. The molecule has 43 heavy (non-hydrogen) atoms. The number of nitrogens with zero attached hydrogens (tertiary/aromatic N) is 3. The van der Waals surface area contributed by atoms with Crippen LogP contribution in [0.3, 0.4) is 0 Å². The van der Waals surface area contributed by atoms with Crippen LogP contribution in [0.4, 0.5) is 21.9 Å². The molecular formula is C32H32N6O4S. The van der Waals surface area contributed by atoms with Gasteiger partial charge in [0.25, 0.3) is 5.91 Å². The lowest BCUT2D eigenvalue weighted by atomic mass is 10.0. The molecule has 11 heteroatoms. The molecule has 0 spiro atoms. The maximum atomic E-state index is 13.6. The lowest BCUT2D eigenvalue weighted by molar-refractivity contribution is -0.136. The molecule has 2 fully saturated rings. The Morgan fingerprint density at radius 1 is 1.07 bits per heavy atom. The minimum atomic E-state index is -0.355. The SMILES string of the molecule is Cc1cc(Oc2ccccc2)ccc1N1C(=O)Nc2c(C(=O)N[C@@H]3CCCN(C(=O)[C@H]4CCNC4)C3)sc3nccc1c23. The minimum absolute atomic E-state index is 0.0142. The first-order chi connectivity index (χ1) is 21.0. The van der Waals surface area contributed by atoms with Gasteiger partial charge in [-0.05, 0) is 74.7 Å². The third kappa shape index (κ3) is 5.19. The monoisotopic (exact) mass is 596 g/mol. The Labute approximate surface area is 253 Å². The van der Waals surface area contributed by atoms with Gasteiger partial charge >= 0.3 is 6.03 Å². The van der Waals surface area contributed by atoms with Crippen molar-refractivity contribution in [2.45, 2.75) is 32.2 Å². The molecule has 220 valence electrons. The molecule has 2 saturated heterocycles. The normalized spacial score (nSPS) is 19.8. The number of piperidine rings is 1. The molecule has 2 atom stereocenters. The molecule has 0 saturated carbocycles. The molecule has 4 aromatic rings. The van der Waals surface area contributed by atoms with E-state index in [2.05, 4.69) is 20.9 Å². The zero-order valence-corrected chi connectivity index (χ0v) is 24.6. The van der Waals surface area contributed by atoms with E-state index >= 15 is 0 Å². The largest absolute Gasteiger partial charge is 0.457 e. The van der Waals surface area contributed by atoms with Crippen molar-refractivity contribution in [1.29, 1.82) is 0 Å². The van der Waals surface area contributed by atoms with E-state index in [9.17, 15) is 14.4 Å². The fourth-order valence-corrected chi connectivity index (χ4v) is 7.24. The highest BCUT2D eigenvalue weighted by molar-refractivity contribution is 7.21. The number of carbonyl (C=O) groups excluding carboxylic acids is 3. The number of thiophene rings is 1. The Morgan fingerprint density at radius 3 is 2.72 bits per heavy atom. The van der Waals surface area contributed by atoms with Gasteiger partial charge in [0.1, 0.15) is 21.2 Å². The molecule has 7 rings (SSSR count). The maximum absolute atomic E-state index is 13.6. The molecule has 5 heterocycles. The van der Waals surface area contributed by atoms with Crippen molar-refractivity contribution in [3.63, 3.8) is 0 Å². The Kier molecular flexibility index (Phi) is 7.20. The summed E-state index contributed by atoms with van der Waals surface area (Å²) in [6.45, 7) is 4.73. The van der Waals surface area contributed by atoms with Crippen LogP contribution >= 0.6 is 11.3 Å². The maximum Gasteiger partial charge on any atom is 0.331 e. The second-order valence-corrected chi connectivity index (χ2v) is 12.2. The summed E-state index contributed by atoms with van der Waals surface area (Å²) in [7, 11) is 0. The highest BCUT2D eigenvalue weighted by Crippen LogP contribution is 2.46. The smallest absolute Gasteiger partial charge is 0.331 e. The van der Waals surface area contributed by atoms with E-state index in [1.165, 1.54) is 11.3 Å². The summed E-state index contributed by atoms with van der Waals surface area (Å²) >= 11 is 1.26. The Morgan fingerprint density at radius 2 is 1.93 bits per heavy atom. The van der Waals surface area contributed by atoms with Crippen molar-refractivity contribution >= 4 is 56.5 Å². The molecule has 10 nitrogen and oxygen atoms in total. The van der Waals surface area contributed by atoms with Gasteiger partial charge in [-0.25, -0.2) is 9.78 Å². The predicted octanol–water partition coefficient (Wildman–Crippen LogP) is 5.41. The van der Waals surface area contributed by atoms with Crippen molar-refractivity contribution in [3.05, 3.63) is 71.2 Å². The van der Waals surface area contributed by atoms with Gasteiger partial charge in [-0.2, -0.15) is 0 Å². The Hall–Kier alpha value is -4.48. The Balaban J connectivity index is 1.13. The number of aromatic nitrogens is 1. The van der Waals surface area contributed by atoms with Gasteiger partial charge in [0.05, 0.1) is 28.4 Å². The number of ether oxygens (including phenoxy) is 1. The van der Waals surface area contributed by atoms with E-state index in [-0.39, 0.29) is 29.8 Å². The van der Waals surface area contributed by atoms with Crippen LogP contribution in [-0.4, -0.2) is 60.0 Å². The molecule has 2 aromatic heterocycles. The van der Waals surface area contributed by atoms with E-state index in [4.69, 9.17) is 4.74 Å². The van der Waals surface area contributed by atoms with Gasteiger partial charge in [0, 0.05) is 31.9 Å². The minimum Gasteiger partial charge on any atom is -0.457 e. The van der Waals surface area contributed by atoms with Crippen molar-refractivity contribution in [3.8, 4) is 11.5 Å². The molecule has 0 radical (unpaired) electrons. The molecular weight excluding hydrogens is 564 g/mol. The zero-order valence-electron chi connectivity index (χ0n) is 23.8. The third-order valence-corrected chi connectivity index (χ3v) is 9.41. The summed E-state index contributed by atoms with van der Waals surface area (Å²) in [4.78, 5) is 49.3. The van der Waals surface area contributed by atoms with Crippen LogP contribution in [-0.2, 0) is 4.79 Å². The van der Waals surface area contributed by atoms with Gasteiger partial charge in [0.2, 0.25) is 5.91 Å². The molecule has 0 unspecified atom stereocenters. The molecule has 3 aliphatic rings. The molecule has 0 bridgehead atoms. The molecule has 3 aliphatic heterocycles. The fourth-order valence-electron chi connectivity index (χ4n) is 6.22. The first-order valence-electron chi connectivity index (χ1n) is 14.6. The van der Waals surface area contributed by atoms with Gasteiger partial charge in [-0.15, -0.1) is 11.3 Å². The predicted molar refractivity (Wildman–Crippen MR) is 167 cm³/mol. The number of amides is 4. The number of likely N-dealkylation sites (tertiary alicyclic amines) is 1. The number of aryl methyl sites for hydroxylation is 1. The standard InChI is InChI=1S/C32H32N6O4S/c1-19-16-23(42-22-7-3-2-4-8-22)9-10-24(19)38-25-12-14-34-30-26(25)27(36-32(38)41)28(43-30)29(39)35-21-6-5-15-37(18-21)31(40)20-11-13-33-17-20/h2-4,7-10,12,14,16,20-21,33H,5-6,11,13,15,17-18H2,1H3,(H,35,39)(H,36,41)/t20-,21+/m0/s1. The van der Waals surface area contributed by atoms with E-state index in [0.29, 0.717) is 52.2 Å². The van der Waals surface area contributed by atoms with Crippen LogP contribution in [0.5, 0.6) is 11.5 Å². The van der Waals surface area contributed by atoms with Crippen molar-refractivity contribution < 1.29 is 19.1 Å². The van der Waals surface area contributed by atoms with Gasteiger partial charge < -0.3 is 25.6 Å². The zero-order chi connectivity index (χ0) is 29.5. The van der Waals surface area contributed by atoms with Gasteiger partial charge in [0.15, 0.2) is 0 Å². The number of nitrogens with one attached hydrogen (secondary N) is 3. The van der Waals surface area contributed by atoms with Gasteiger partial charge in [-0.3, -0.25) is 14.5 Å². The van der Waals surface area contributed by atoms with Crippen LogP contribution in [0.25, 0.3) is 10.2 Å². The number of carbonyl (C=O) groups is 3. The number of hydrogen-bond donors (Lipinski definition) is 3. The average Bonchev–Trinajstić information content (AvgIpc) is 3.68. The number of urea groups is 1. The lowest BCUT2D eigenvalue weighted by Crippen LogP contribution is -2.51. The average molecular weight is 597 g/mol. The quantitative estimate of drug-likeness (QED) is 0.274. The van der Waals surface area contributed by atoms with Crippen LogP contribution in [0.1, 0.15) is 34.5 Å². The molecule has 0 aliphatic carbocycles. The van der Waals surface area contributed by atoms with E-state index < -0.39 is 0 Å². The van der Waals surface area contributed by atoms with Crippen molar-refractivity contribution in [2.24, 2.45) is 5.92 Å². The number of anilines is 3. The second kappa shape index (κ2) is 11.3. The Bertz CT molecular complexity index is 1720. The van der Waals surface area contributed by atoms with E-state index in [0.717, 1.165) is 42.5 Å². The summed E-state index contributed by atoms with van der Waals surface area (Å²) in [5, 5.41) is 10.1. The van der Waals surface area contributed by atoms with E-state index in [1.54, 1.807) is 17.2 Å². The number of para-hydroxylation sites is 1. The summed E-state index contributed by atoms with van der Waals surface area (Å²) < 4.78 is 5.98. The fraction of sp³-hybridized carbons (Fsp3) is 0.312. The topological polar surface area (TPSA) is 116 Å². The number of benzene rings is 2. The van der Waals surface area contributed by atoms with Crippen molar-refractivity contribution in [1.82, 2.24) is 20.5 Å². The number of rotatable bonds is 6. The molecule has 3 N–H and O–H groups in total. The van der Waals surface area contributed by atoms with Crippen molar-refractivity contribution in [2.75, 3.05) is 36.4 Å². The second-order valence-electron chi connectivity index (χ2n) is 11.2. The van der Waals surface area contributed by atoms with Crippen LogP contribution < -0.4 is 25.6 Å². The molecule has 4 amide bonds. The molecule has 2 aromatic carbocycles. The highest BCUT2D eigenvalue weighted by Gasteiger charge is 2.35.